The summed E-state index contributed by atoms with van der Waals surface area (Å²) in [6.45, 7) is 6.37. The Kier molecular flexibility index (Phi) is 7.70. The molecule has 1 aromatic rings. The summed E-state index contributed by atoms with van der Waals surface area (Å²) in [6.07, 6.45) is 1.13. The lowest BCUT2D eigenvalue weighted by Gasteiger charge is -2.18. The average Bonchev–Trinajstić information content (AvgIpc) is 2.39. The Labute approximate surface area is 143 Å². The monoisotopic (exact) mass is 420 g/mol. The molecule has 0 bridgehead atoms. The second-order valence-corrected chi connectivity index (χ2v) is 6.83. The minimum absolute atomic E-state index is 0.0920. The number of rotatable bonds is 7. The molecule has 21 heavy (non-hydrogen) atoms. The molecule has 4 nitrogen and oxygen atoms in total. The van der Waals surface area contributed by atoms with Crippen molar-refractivity contribution in [3.8, 4) is 5.75 Å². The van der Waals surface area contributed by atoms with Crippen molar-refractivity contribution in [3.63, 3.8) is 0 Å². The molecule has 118 valence electrons. The van der Waals surface area contributed by atoms with Crippen molar-refractivity contribution in [1.29, 1.82) is 0 Å². The third-order valence-electron chi connectivity index (χ3n) is 2.83. The van der Waals surface area contributed by atoms with E-state index in [4.69, 9.17) is 10.5 Å². The van der Waals surface area contributed by atoms with Crippen molar-refractivity contribution in [2.24, 2.45) is 5.73 Å². The molecule has 1 rings (SSSR count). The van der Waals surface area contributed by atoms with E-state index in [-0.39, 0.29) is 11.9 Å². The fourth-order valence-corrected chi connectivity index (χ4v) is 3.31. The maximum Gasteiger partial charge on any atom is 0.260 e. The van der Waals surface area contributed by atoms with Crippen LogP contribution in [0, 0.1) is 0 Å². The zero-order valence-electron chi connectivity index (χ0n) is 12.6. The third-order valence-corrected chi connectivity index (χ3v) is 4.01. The molecule has 0 aromatic heterocycles. The summed E-state index contributed by atoms with van der Waals surface area (Å²) in [5.74, 6) is 0.512. The molecule has 6 heteroatoms. The first-order chi connectivity index (χ1) is 9.85. The number of carbonyl (C=O) groups excluding carboxylic acids is 1. The molecule has 0 aliphatic carbocycles. The zero-order valence-corrected chi connectivity index (χ0v) is 15.8. The van der Waals surface area contributed by atoms with Crippen LogP contribution < -0.4 is 15.8 Å². The summed E-state index contributed by atoms with van der Waals surface area (Å²) < 4.78 is 7.37. The summed E-state index contributed by atoms with van der Waals surface area (Å²) in [7, 11) is 0. The maximum atomic E-state index is 11.9. The van der Waals surface area contributed by atoms with Gasteiger partial charge in [0.2, 0.25) is 0 Å². The Morgan fingerprint density at radius 2 is 1.90 bits per heavy atom. The highest BCUT2D eigenvalue weighted by Crippen LogP contribution is 2.35. The van der Waals surface area contributed by atoms with Gasteiger partial charge >= 0.3 is 0 Å². The molecule has 0 heterocycles. The van der Waals surface area contributed by atoms with Crippen LogP contribution in [0.5, 0.6) is 5.75 Å². The molecule has 0 saturated heterocycles. The number of nitrogens with one attached hydrogen (secondary N) is 1. The van der Waals surface area contributed by atoms with Gasteiger partial charge in [0.1, 0.15) is 5.75 Å². The molecule has 1 amide bonds. The second kappa shape index (κ2) is 8.76. The number of hydrogen-bond donors (Lipinski definition) is 2. The zero-order chi connectivity index (χ0) is 16.0. The Hall–Kier alpha value is -0.590. The molecule has 0 aliphatic rings. The fourth-order valence-electron chi connectivity index (χ4n) is 1.84. The summed E-state index contributed by atoms with van der Waals surface area (Å²) in [5, 5.41) is 2.82. The predicted molar refractivity (Wildman–Crippen MR) is 92.6 cm³/mol. The molecule has 2 atom stereocenters. The van der Waals surface area contributed by atoms with E-state index in [1.807, 2.05) is 26.0 Å². The highest BCUT2D eigenvalue weighted by molar-refractivity contribution is 9.11. The molecule has 0 spiro atoms. The molecule has 0 aliphatic heterocycles. The molecular weight excluding hydrogens is 400 g/mol. The summed E-state index contributed by atoms with van der Waals surface area (Å²) in [4.78, 5) is 11.9. The Balaban J connectivity index is 2.81. The number of ether oxygens (including phenoxy) is 1. The third kappa shape index (κ3) is 5.96. The topological polar surface area (TPSA) is 64.3 Å². The molecule has 3 N–H and O–H groups in total. The smallest absolute Gasteiger partial charge is 0.260 e. The lowest BCUT2D eigenvalue weighted by molar-refractivity contribution is -0.127. The molecule has 1 aromatic carbocycles. The van der Waals surface area contributed by atoms with Crippen molar-refractivity contribution < 1.29 is 9.53 Å². The van der Waals surface area contributed by atoms with E-state index in [1.165, 1.54) is 0 Å². The van der Waals surface area contributed by atoms with Crippen molar-refractivity contribution >= 4 is 37.8 Å². The number of hydrogen-bond acceptors (Lipinski definition) is 3. The number of amides is 1. The van der Waals surface area contributed by atoms with Gasteiger partial charge in [-0.1, -0.05) is 6.92 Å². The normalized spacial score (nSPS) is 13.6. The van der Waals surface area contributed by atoms with Crippen molar-refractivity contribution in [1.82, 2.24) is 5.32 Å². The van der Waals surface area contributed by atoms with Gasteiger partial charge in [0.05, 0.1) is 8.95 Å². The van der Waals surface area contributed by atoms with Crippen LogP contribution in [0.15, 0.2) is 21.1 Å². The van der Waals surface area contributed by atoms with Gasteiger partial charge in [-0.15, -0.1) is 0 Å². The van der Waals surface area contributed by atoms with E-state index in [0.717, 1.165) is 27.4 Å². The van der Waals surface area contributed by atoms with E-state index < -0.39 is 6.10 Å². The highest BCUT2D eigenvalue weighted by atomic mass is 79.9. The van der Waals surface area contributed by atoms with Crippen LogP contribution in [0.25, 0.3) is 0 Å². The molecule has 0 fully saturated rings. The number of nitrogens with two attached hydrogens (primary N) is 1. The average molecular weight is 422 g/mol. The van der Waals surface area contributed by atoms with Crippen LogP contribution >= 0.6 is 31.9 Å². The summed E-state index contributed by atoms with van der Waals surface area (Å²) >= 11 is 6.98. The van der Waals surface area contributed by atoms with Gasteiger partial charge in [-0.3, -0.25) is 4.79 Å². The highest BCUT2D eigenvalue weighted by Gasteiger charge is 2.18. The van der Waals surface area contributed by atoms with Crippen LogP contribution in [0.3, 0.4) is 0 Å². The molecular formula is C15H22Br2N2O2. The van der Waals surface area contributed by atoms with E-state index in [2.05, 4.69) is 37.2 Å². The first kappa shape index (κ1) is 18.5. The van der Waals surface area contributed by atoms with E-state index in [0.29, 0.717) is 12.3 Å². The van der Waals surface area contributed by atoms with Crippen LogP contribution in [0.2, 0.25) is 0 Å². The first-order valence-corrected chi connectivity index (χ1v) is 8.61. The maximum absolute atomic E-state index is 11.9. The van der Waals surface area contributed by atoms with Gasteiger partial charge in [-0.25, -0.2) is 0 Å². The standard InChI is InChI=1S/C15H22Br2N2O2/c1-4-5-19-15(20)10(3)21-14-12(16)7-11(6-9(2)18)8-13(14)17/h7-10H,4-6,18H2,1-3H3,(H,19,20). The lowest BCUT2D eigenvalue weighted by atomic mass is 10.1. The molecule has 0 saturated carbocycles. The van der Waals surface area contributed by atoms with Gasteiger partial charge in [0.25, 0.3) is 5.91 Å². The van der Waals surface area contributed by atoms with Gasteiger partial charge in [0.15, 0.2) is 6.10 Å². The van der Waals surface area contributed by atoms with Gasteiger partial charge in [-0.05, 0) is 76.2 Å². The summed E-state index contributed by atoms with van der Waals surface area (Å²) in [6, 6.07) is 4.04. The second-order valence-electron chi connectivity index (χ2n) is 5.12. The lowest BCUT2D eigenvalue weighted by Crippen LogP contribution is -2.36. The Morgan fingerprint density at radius 1 is 1.33 bits per heavy atom. The number of halogens is 2. The minimum atomic E-state index is -0.552. The molecule has 0 radical (unpaired) electrons. The van der Waals surface area contributed by atoms with Crippen LogP contribution in [0.4, 0.5) is 0 Å². The summed E-state index contributed by atoms with van der Waals surface area (Å²) in [5.41, 5.74) is 6.93. The van der Waals surface area contributed by atoms with E-state index in [9.17, 15) is 4.79 Å². The van der Waals surface area contributed by atoms with Gasteiger partial charge < -0.3 is 15.8 Å². The van der Waals surface area contributed by atoms with E-state index >= 15 is 0 Å². The van der Waals surface area contributed by atoms with Crippen LogP contribution in [-0.2, 0) is 11.2 Å². The van der Waals surface area contributed by atoms with Gasteiger partial charge in [-0.2, -0.15) is 0 Å². The van der Waals surface area contributed by atoms with Crippen LogP contribution in [0.1, 0.15) is 32.8 Å². The Morgan fingerprint density at radius 3 is 2.38 bits per heavy atom. The largest absolute Gasteiger partial charge is 0.479 e. The first-order valence-electron chi connectivity index (χ1n) is 7.03. The van der Waals surface area contributed by atoms with Crippen molar-refractivity contribution in [2.75, 3.05) is 6.54 Å². The fraction of sp³-hybridized carbons (Fsp3) is 0.533. The number of benzene rings is 1. The molecule has 2 unspecified atom stereocenters. The number of carbonyl (C=O) groups is 1. The predicted octanol–water partition coefficient (Wildman–Crippen LogP) is 3.39. The Bertz CT molecular complexity index is 470. The van der Waals surface area contributed by atoms with Gasteiger partial charge in [0, 0.05) is 12.6 Å². The van der Waals surface area contributed by atoms with E-state index in [1.54, 1.807) is 6.92 Å². The van der Waals surface area contributed by atoms with Crippen LogP contribution in [-0.4, -0.2) is 24.6 Å². The SMILES string of the molecule is CCCNC(=O)C(C)Oc1c(Br)cc(CC(C)N)cc1Br. The van der Waals surface area contributed by atoms with Crippen molar-refractivity contribution in [3.05, 3.63) is 26.6 Å². The minimum Gasteiger partial charge on any atom is -0.479 e. The van der Waals surface area contributed by atoms with Crippen molar-refractivity contribution in [2.45, 2.75) is 45.8 Å². The quantitative estimate of drug-likeness (QED) is 0.709.